The van der Waals surface area contributed by atoms with Gasteiger partial charge < -0.3 is 20.1 Å². The summed E-state index contributed by atoms with van der Waals surface area (Å²) < 4.78 is 32.9. The monoisotopic (exact) mass is 940 g/mol. The Morgan fingerprint density at radius 3 is 1.17 bits per heavy atom. The van der Waals surface area contributed by atoms with Crippen LogP contribution in [0, 0.1) is 0 Å². The van der Waals surface area contributed by atoms with Gasteiger partial charge in [0, 0.05) is 19.4 Å². The second kappa shape index (κ2) is 51.9. The molecule has 0 heterocycles. The SMILES string of the molecule is CCCCCCC/C=C\C/C=C\CCCCCCCCCCCCCCCCCCCCCC(=O)OC(COC(=O)CCCCCCCCCCCCCCC)COP(=O)(O)OCCN. The van der Waals surface area contributed by atoms with E-state index >= 15 is 0 Å². The predicted molar refractivity (Wildman–Crippen MR) is 275 cm³/mol. The highest BCUT2D eigenvalue weighted by molar-refractivity contribution is 7.47. The van der Waals surface area contributed by atoms with Gasteiger partial charge in [0.1, 0.15) is 6.61 Å². The maximum Gasteiger partial charge on any atom is 0.472 e. The van der Waals surface area contributed by atoms with Crippen molar-refractivity contribution in [2.75, 3.05) is 26.4 Å². The zero-order valence-corrected chi connectivity index (χ0v) is 43.6. The van der Waals surface area contributed by atoms with Gasteiger partial charge in [-0.25, -0.2) is 4.57 Å². The van der Waals surface area contributed by atoms with Crippen molar-refractivity contribution in [3.8, 4) is 0 Å². The van der Waals surface area contributed by atoms with E-state index in [4.69, 9.17) is 24.3 Å². The van der Waals surface area contributed by atoms with Crippen molar-refractivity contribution in [3.63, 3.8) is 0 Å². The molecule has 2 atom stereocenters. The quantitative estimate of drug-likeness (QED) is 0.0264. The third kappa shape index (κ3) is 51.7. The van der Waals surface area contributed by atoms with Gasteiger partial charge in [-0.2, -0.15) is 0 Å². The van der Waals surface area contributed by atoms with Gasteiger partial charge in [0.05, 0.1) is 13.2 Å². The van der Waals surface area contributed by atoms with Gasteiger partial charge in [0.15, 0.2) is 6.10 Å². The van der Waals surface area contributed by atoms with E-state index in [1.54, 1.807) is 0 Å². The van der Waals surface area contributed by atoms with E-state index in [-0.39, 0.29) is 38.6 Å². The Morgan fingerprint density at radius 1 is 0.462 bits per heavy atom. The fourth-order valence-electron chi connectivity index (χ4n) is 8.20. The summed E-state index contributed by atoms with van der Waals surface area (Å²) in [4.78, 5) is 35.0. The third-order valence-corrected chi connectivity index (χ3v) is 13.3. The fraction of sp³-hybridized carbons (Fsp3) is 0.891. The van der Waals surface area contributed by atoms with Crippen LogP contribution in [0.2, 0.25) is 0 Å². The number of carbonyl (C=O) groups is 2. The van der Waals surface area contributed by atoms with Crippen molar-refractivity contribution in [1.82, 2.24) is 0 Å². The number of esters is 2. The largest absolute Gasteiger partial charge is 0.472 e. The van der Waals surface area contributed by atoms with Crippen LogP contribution in [0.1, 0.15) is 284 Å². The van der Waals surface area contributed by atoms with Crippen molar-refractivity contribution < 1.29 is 37.6 Å². The molecule has 0 saturated carbocycles. The van der Waals surface area contributed by atoms with Crippen LogP contribution < -0.4 is 5.73 Å². The van der Waals surface area contributed by atoms with E-state index in [1.165, 1.54) is 212 Å². The van der Waals surface area contributed by atoms with Gasteiger partial charge in [0.25, 0.3) is 0 Å². The molecule has 0 rings (SSSR count). The summed E-state index contributed by atoms with van der Waals surface area (Å²) >= 11 is 0. The molecule has 0 aliphatic heterocycles. The topological polar surface area (TPSA) is 134 Å². The van der Waals surface area contributed by atoms with Gasteiger partial charge in [0.2, 0.25) is 0 Å². The van der Waals surface area contributed by atoms with Crippen LogP contribution in [-0.4, -0.2) is 49.3 Å². The van der Waals surface area contributed by atoms with E-state index in [2.05, 4.69) is 38.2 Å². The van der Waals surface area contributed by atoms with Gasteiger partial charge in [-0.15, -0.1) is 0 Å². The maximum atomic E-state index is 12.7. The number of phosphoric acid groups is 1. The molecule has 384 valence electrons. The highest BCUT2D eigenvalue weighted by Crippen LogP contribution is 2.43. The Labute approximate surface area is 402 Å². The summed E-state index contributed by atoms with van der Waals surface area (Å²) in [5.41, 5.74) is 5.37. The molecular formula is C55H106NO8P. The summed E-state index contributed by atoms with van der Waals surface area (Å²) in [6.45, 7) is 3.77. The Hall–Kier alpha value is -1.51. The normalized spacial score (nSPS) is 13.2. The Bertz CT molecular complexity index is 1120. The molecule has 0 radical (unpaired) electrons. The molecule has 0 saturated heterocycles. The molecule has 0 spiro atoms. The van der Waals surface area contributed by atoms with Crippen LogP contribution >= 0.6 is 7.82 Å². The molecule has 10 heteroatoms. The van der Waals surface area contributed by atoms with Crippen molar-refractivity contribution >= 4 is 19.8 Å². The fourth-order valence-corrected chi connectivity index (χ4v) is 8.96. The Balaban J connectivity index is 3.85. The third-order valence-electron chi connectivity index (χ3n) is 12.3. The number of unbranched alkanes of at least 4 members (excludes halogenated alkanes) is 36. The molecule has 0 aliphatic carbocycles. The number of rotatable bonds is 53. The van der Waals surface area contributed by atoms with Crippen molar-refractivity contribution in [2.45, 2.75) is 290 Å². The average Bonchev–Trinajstić information content (AvgIpc) is 3.30. The van der Waals surface area contributed by atoms with Gasteiger partial charge >= 0.3 is 19.8 Å². The van der Waals surface area contributed by atoms with Crippen LogP contribution in [0.15, 0.2) is 24.3 Å². The standard InChI is InChI=1S/C55H106NO8P/c1-3-5-7-9-11-13-15-17-18-19-20-21-22-23-24-25-26-27-28-29-30-31-32-33-34-36-38-40-42-44-46-48-55(58)64-53(52-63-65(59,60)62-50-49-56)51-61-54(57)47-45-43-41-39-37-35-16-14-12-10-8-6-4-2/h15,17,19-20,53H,3-14,16,18,21-52,56H2,1-2H3,(H,59,60)/b17-15-,20-19-. The molecule has 0 aliphatic rings. The first-order valence-electron chi connectivity index (χ1n) is 27.8. The van der Waals surface area contributed by atoms with E-state index < -0.39 is 26.5 Å². The van der Waals surface area contributed by atoms with Crippen LogP contribution in [0.5, 0.6) is 0 Å². The molecule has 0 aromatic carbocycles. The van der Waals surface area contributed by atoms with Crippen molar-refractivity contribution in [1.29, 1.82) is 0 Å². The van der Waals surface area contributed by atoms with Crippen LogP contribution in [0.3, 0.4) is 0 Å². The summed E-state index contributed by atoms with van der Waals surface area (Å²) in [7, 11) is -4.38. The molecule has 9 nitrogen and oxygen atoms in total. The van der Waals surface area contributed by atoms with E-state index in [0.29, 0.717) is 6.42 Å². The van der Waals surface area contributed by atoms with Crippen LogP contribution in [-0.2, 0) is 32.7 Å². The summed E-state index contributed by atoms with van der Waals surface area (Å²) in [5, 5.41) is 0. The average molecular weight is 940 g/mol. The molecule has 3 N–H and O–H groups in total. The van der Waals surface area contributed by atoms with Crippen LogP contribution in [0.4, 0.5) is 0 Å². The maximum absolute atomic E-state index is 12.7. The number of ether oxygens (including phenoxy) is 2. The van der Waals surface area contributed by atoms with E-state index in [1.807, 2.05) is 0 Å². The molecule has 65 heavy (non-hydrogen) atoms. The number of phosphoric ester groups is 1. The molecule has 0 fully saturated rings. The lowest BCUT2D eigenvalue weighted by Crippen LogP contribution is -2.29. The smallest absolute Gasteiger partial charge is 0.462 e. The molecule has 0 amide bonds. The lowest BCUT2D eigenvalue weighted by Gasteiger charge is -2.19. The minimum Gasteiger partial charge on any atom is -0.462 e. The van der Waals surface area contributed by atoms with Gasteiger partial charge in [-0.3, -0.25) is 18.6 Å². The lowest BCUT2D eigenvalue weighted by molar-refractivity contribution is -0.161. The number of carbonyl (C=O) groups excluding carboxylic acids is 2. The first-order valence-corrected chi connectivity index (χ1v) is 29.3. The molecular weight excluding hydrogens is 834 g/mol. The van der Waals surface area contributed by atoms with Crippen molar-refractivity contribution in [3.05, 3.63) is 24.3 Å². The molecule has 0 aromatic heterocycles. The number of nitrogens with two attached hydrogens (primary N) is 1. The second-order valence-corrected chi connectivity index (χ2v) is 20.3. The zero-order valence-electron chi connectivity index (χ0n) is 42.7. The second-order valence-electron chi connectivity index (χ2n) is 18.8. The lowest BCUT2D eigenvalue weighted by atomic mass is 10.0. The van der Waals surface area contributed by atoms with Gasteiger partial charge in [-0.05, 0) is 44.9 Å². The van der Waals surface area contributed by atoms with Crippen LogP contribution in [0.25, 0.3) is 0 Å². The first-order chi connectivity index (χ1) is 31.8. The van der Waals surface area contributed by atoms with Gasteiger partial charge in [-0.1, -0.05) is 250 Å². The van der Waals surface area contributed by atoms with E-state index in [9.17, 15) is 19.0 Å². The molecule has 2 unspecified atom stereocenters. The minimum atomic E-state index is -4.38. The Kier molecular flexibility index (Phi) is 50.7. The summed E-state index contributed by atoms with van der Waals surface area (Å²) in [6.07, 6.45) is 59.5. The number of hydrogen-bond acceptors (Lipinski definition) is 8. The highest BCUT2D eigenvalue weighted by Gasteiger charge is 2.26. The first kappa shape index (κ1) is 63.5. The molecule has 0 aromatic rings. The highest BCUT2D eigenvalue weighted by atomic mass is 31.2. The molecule has 0 bridgehead atoms. The predicted octanol–water partition coefficient (Wildman–Crippen LogP) is 17.1. The number of allylic oxidation sites excluding steroid dienone is 4. The zero-order chi connectivity index (χ0) is 47.4. The summed E-state index contributed by atoms with van der Waals surface area (Å²) in [6, 6.07) is 0. The van der Waals surface area contributed by atoms with E-state index in [0.717, 1.165) is 38.5 Å². The minimum absolute atomic E-state index is 0.0565. The van der Waals surface area contributed by atoms with Crippen molar-refractivity contribution in [2.24, 2.45) is 5.73 Å². The number of hydrogen-bond donors (Lipinski definition) is 2. The summed E-state index contributed by atoms with van der Waals surface area (Å²) in [5.74, 6) is -0.812. The Morgan fingerprint density at radius 2 is 0.800 bits per heavy atom.